The maximum absolute atomic E-state index is 13.1. The van der Waals surface area contributed by atoms with Gasteiger partial charge in [-0.1, -0.05) is 29.5 Å². The molecule has 4 aromatic rings. The molecule has 0 atom stereocenters. The molecule has 0 radical (unpaired) electrons. The number of amides is 1. The standard InChI is InChI=1S/C22H22N4OS2/c1-16-6-7-17(2)21-20(16)24-22(29-21)26(12-4-11-25-13-10-23-15-25)19(27)9-8-18-5-3-14-28-18/h3,5-10,13-15H,4,11-12H2,1-2H3/b9-8+. The number of carbonyl (C=O) groups is 1. The molecule has 1 amide bonds. The van der Waals surface area contributed by atoms with Gasteiger partial charge >= 0.3 is 0 Å². The van der Waals surface area contributed by atoms with E-state index in [-0.39, 0.29) is 5.91 Å². The van der Waals surface area contributed by atoms with Crippen LogP contribution in [0.25, 0.3) is 16.3 Å². The first-order valence-electron chi connectivity index (χ1n) is 9.47. The van der Waals surface area contributed by atoms with Gasteiger partial charge in [0.05, 0.1) is 16.5 Å². The van der Waals surface area contributed by atoms with Crippen LogP contribution in [0.2, 0.25) is 0 Å². The van der Waals surface area contributed by atoms with Crippen LogP contribution in [0, 0.1) is 13.8 Å². The van der Waals surface area contributed by atoms with Crippen molar-refractivity contribution in [1.82, 2.24) is 14.5 Å². The largest absolute Gasteiger partial charge is 0.337 e. The fourth-order valence-electron chi connectivity index (χ4n) is 3.12. The maximum Gasteiger partial charge on any atom is 0.252 e. The molecule has 0 aliphatic heterocycles. The zero-order chi connectivity index (χ0) is 20.2. The Bertz CT molecular complexity index is 1090. The number of benzene rings is 1. The van der Waals surface area contributed by atoms with E-state index in [2.05, 4.69) is 31.0 Å². The highest BCUT2D eigenvalue weighted by Crippen LogP contribution is 2.33. The normalized spacial score (nSPS) is 11.5. The Labute approximate surface area is 178 Å². The Hall–Kier alpha value is -2.77. The Kier molecular flexibility index (Phi) is 5.87. The average Bonchev–Trinajstić information content (AvgIpc) is 3.47. The summed E-state index contributed by atoms with van der Waals surface area (Å²) in [7, 11) is 0. The van der Waals surface area contributed by atoms with Crippen LogP contribution < -0.4 is 4.90 Å². The van der Waals surface area contributed by atoms with Gasteiger partial charge in [-0.05, 0) is 48.9 Å². The van der Waals surface area contributed by atoms with Gasteiger partial charge in [-0.3, -0.25) is 9.69 Å². The van der Waals surface area contributed by atoms with E-state index in [1.54, 1.807) is 46.2 Å². The Morgan fingerprint density at radius 1 is 1.24 bits per heavy atom. The highest BCUT2D eigenvalue weighted by atomic mass is 32.1. The monoisotopic (exact) mass is 422 g/mol. The lowest BCUT2D eigenvalue weighted by atomic mass is 10.1. The van der Waals surface area contributed by atoms with Crippen LogP contribution in [0.3, 0.4) is 0 Å². The van der Waals surface area contributed by atoms with E-state index >= 15 is 0 Å². The SMILES string of the molecule is Cc1ccc(C)c2sc(N(CCCn3ccnc3)C(=O)/C=C/c3cccs3)nc12. The highest BCUT2D eigenvalue weighted by Gasteiger charge is 2.19. The number of thiophene rings is 1. The number of hydrogen-bond donors (Lipinski definition) is 0. The number of aromatic nitrogens is 3. The van der Waals surface area contributed by atoms with Gasteiger partial charge < -0.3 is 4.57 Å². The van der Waals surface area contributed by atoms with Gasteiger partial charge in [0.15, 0.2) is 5.13 Å². The molecule has 0 spiro atoms. The molecule has 0 aliphatic carbocycles. The molecule has 29 heavy (non-hydrogen) atoms. The summed E-state index contributed by atoms with van der Waals surface area (Å²) in [5, 5.41) is 2.76. The van der Waals surface area contributed by atoms with Crippen LogP contribution >= 0.6 is 22.7 Å². The van der Waals surface area contributed by atoms with Crippen molar-refractivity contribution >= 4 is 50.0 Å². The summed E-state index contributed by atoms with van der Waals surface area (Å²) >= 11 is 3.20. The molecular weight excluding hydrogens is 400 g/mol. The predicted molar refractivity (Wildman–Crippen MR) is 122 cm³/mol. The number of rotatable bonds is 7. The lowest BCUT2D eigenvalue weighted by Crippen LogP contribution is -2.30. The van der Waals surface area contributed by atoms with E-state index in [4.69, 9.17) is 4.98 Å². The van der Waals surface area contributed by atoms with Crippen LogP contribution in [0.1, 0.15) is 22.4 Å². The van der Waals surface area contributed by atoms with Crippen molar-refractivity contribution in [3.8, 4) is 0 Å². The van der Waals surface area contributed by atoms with Crippen molar-refractivity contribution in [3.63, 3.8) is 0 Å². The van der Waals surface area contributed by atoms with Gasteiger partial charge in [0.1, 0.15) is 0 Å². The fourth-order valence-corrected chi connectivity index (χ4v) is 4.88. The van der Waals surface area contributed by atoms with E-state index in [1.807, 2.05) is 34.4 Å². The minimum atomic E-state index is -0.0432. The van der Waals surface area contributed by atoms with Crippen molar-refractivity contribution < 1.29 is 4.79 Å². The number of nitrogens with zero attached hydrogens (tertiary/aromatic N) is 4. The third kappa shape index (κ3) is 4.46. The van der Waals surface area contributed by atoms with Crippen LogP contribution in [0.5, 0.6) is 0 Å². The molecule has 4 rings (SSSR count). The summed E-state index contributed by atoms with van der Waals surface area (Å²) in [6.07, 6.45) is 9.85. The molecule has 0 fully saturated rings. The zero-order valence-electron chi connectivity index (χ0n) is 16.4. The van der Waals surface area contributed by atoms with Crippen molar-refractivity contribution in [1.29, 1.82) is 0 Å². The Balaban J connectivity index is 1.60. The second kappa shape index (κ2) is 8.71. The lowest BCUT2D eigenvalue weighted by molar-refractivity contribution is -0.114. The highest BCUT2D eigenvalue weighted by molar-refractivity contribution is 7.22. The molecule has 7 heteroatoms. The molecule has 3 heterocycles. The number of fused-ring (bicyclic) bond motifs is 1. The summed E-state index contributed by atoms with van der Waals surface area (Å²) in [5.74, 6) is -0.0432. The van der Waals surface area contributed by atoms with Crippen LogP contribution in [0.4, 0.5) is 5.13 Å². The Morgan fingerprint density at radius 2 is 2.10 bits per heavy atom. The van der Waals surface area contributed by atoms with Crippen molar-refractivity contribution in [2.24, 2.45) is 0 Å². The van der Waals surface area contributed by atoms with Gasteiger partial charge in [0.25, 0.3) is 5.91 Å². The summed E-state index contributed by atoms with van der Waals surface area (Å²) in [6.45, 7) is 5.56. The van der Waals surface area contributed by atoms with Gasteiger partial charge in [-0.25, -0.2) is 9.97 Å². The van der Waals surface area contributed by atoms with Crippen molar-refractivity contribution in [2.45, 2.75) is 26.8 Å². The van der Waals surface area contributed by atoms with E-state index in [0.29, 0.717) is 6.54 Å². The molecule has 3 aromatic heterocycles. The molecule has 0 saturated carbocycles. The molecular formula is C22H22N4OS2. The maximum atomic E-state index is 13.1. The second-order valence-electron chi connectivity index (χ2n) is 6.87. The molecule has 5 nitrogen and oxygen atoms in total. The van der Waals surface area contributed by atoms with Gasteiger partial charge in [-0.2, -0.15) is 0 Å². The molecule has 148 valence electrons. The smallest absolute Gasteiger partial charge is 0.252 e. The number of aryl methyl sites for hydroxylation is 3. The molecule has 0 unspecified atom stereocenters. The first-order chi connectivity index (χ1) is 14.1. The number of hydrogen-bond acceptors (Lipinski definition) is 5. The predicted octanol–water partition coefficient (Wildman–Crippen LogP) is 5.31. The van der Waals surface area contributed by atoms with Gasteiger partial charge in [-0.15, -0.1) is 11.3 Å². The van der Waals surface area contributed by atoms with Gasteiger partial charge in [0, 0.05) is 36.4 Å². The third-order valence-electron chi connectivity index (χ3n) is 4.72. The summed E-state index contributed by atoms with van der Waals surface area (Å²) in [5.41, 5.74) is 3.31. The second-order valence-corrected chi connectivity index (χ2v) is 8.82. The number of thiazole rings is 1. The van der Waals surface area contributed by atoms with Crippen LogP contribution in [0.15, 0.2) is 54.4 Å². The number of carbonyl (C=O) groups excluding carboxylic acids is 1. The molecule has 0 bridgehead atoms. The third-order valence-corrected chi connectivity index (χ3v) is 6.77. The summed E-state index contributed by atoms with van der Waals surface area (Å²) < 4.78 is 3.17. The minimum Gasteiger partial charge on any atom is -0.337 e. The topological polar surface area (TPSA) is 51.0 Å². The average molecular weight is 423 g/mol. The van der Waals surface area contributed by atoms with E-state index in [9.17, 15) is 4.79 Å². The van der Waals surface area contributed by atoms with E-state index in [0.717, 1.165) is 38.8 Å². The molecule has 0 aliphatic rings. The zero-order valence-corrected chi connectivity index (χ0v) is 18.0. The molecule has 0 N–H and O–H groups in total. The fraction of sp³-hybridized carbons (Fsp3) is 0.227. The van der Waals surface area contributed by atoms with Crippen molar-refractivity contribution in [3.05, 3.63) is 70.4 Å². The Morgan fingerprint density at radius 3 is 2.83 bits per heavy atom. The first kappa shape index (κ1) is 19.5. The summed E-state index contributed by atoms with van der Waals surface area (Å²) in [6, 6.07) is 8.18. The minimum absolute atomic E-state index is 0.0432. The summed E-state index contributed by atoms with van der Waals surface area (Å²) in [4.78, 5) is 24.8. The van der Waals surface area contributed by atoms with E-state index < -0.39 is 0 Å². The van der Waals surface area contributed by atoms with E-state index in [1.165, 1.54) is 5.56 Å². The lowest BCUT2D eigenvalue weighted by Gasteiger charge is -2.18. The first-order valence-corrected chi connectivity index (χ1v) is 11.2. The number of anilines is 1. The van der Waals surface area contributed by atoms with Crippen LogP contribution in [-0.2, 0) is 11.3 Å². The molecule has 1 aromatic carbocycles. The number of imidazole rings is 1. The van der Waals surface area contributed by atoms with Gasteiger partial charge in [0.2, 0.25) is 0 Å². The van der Waals surface area contributed by atoms with Crippen LogP contribution in [-0.4, -0.2) is 27.0 Å². The quantitative estimate of drug-likeness (QED) is 0.379. The molecule has 0 saturated heterocycles. The van der Waals surface area contributed by atoms with Crippen molar-refractivity contribution in [2.75, 3.05) is 11.4 Å².